The number of alkyl halides is 3. The summed E-state index contributed by atoms with van der Waals surface area (Å²) in [5, 5.41) is 3.76. The van der Waals surface area contributed by atoms with Gasteiger partial charge < -0.3 is 19.7 Å². The number of likely N-dealkylation sites (tertiary alicyclic amines) is 1. The summed E-state index contributed by atoms with van der Waals surface area (Å²) < 4.78 is 50.6. The first-order chi connectivity index (χ1) is 16.6. The van der Waals surface area contributed by atoms with Crippen LogP contribution in [0.4, 0.5) is 13.2 Å². The van der Waals surface area contributed by atoms with Gasteiger partial charge in [0.15, 0.2) is 0 Å². The van der Waals surface area contributed by atoms with Gasteiger partial charge in [-0.15, -0.1) is 0 Å². The topological polar surface area (TPSA) is 50.8 Å². The van der Waals surface area contributed by atoms with Crippen molar-refractivity contribution >= 4 is 5.91 Å². The Morgan fingerprint density at radius 3 is 2.60 bits per heavy atom. The molecule has 1 aliphatic carbocycles. The SMILES string of the molecule is CO[C@@H]1COCC[C@H]1NC1CCC(C(=O)N2CCC(c3cccc(C(F)(F)F)c3)CC2)(C(C)C)C1. The normalized spacial score (nSPS) is 30.7. The van der Waals surface area contributed by atoms with Crippen LogP contribution in [0.15, 0.2) is 24.3 Å². The quantitative estimate of drug-likeness (QED) is 0.602. The van der Waals surface area contributed by atoms with Crippen LogP contribution in [0.25, 0.3) is 0 Å². The highest BCUT2D eigenvalue weighted by Crippen LogP contribution is 2.47. The predicted octanol–water partition coefficient (Wildman–Crippen LogP) is 5.00. The molecule has 35 heavy (non-hydrogen) atoms. The standard InChI is InChI=1S/C27H39F3N2O3/c1-18(2)26(11-7-22(16-26)31-23-10-14-35-17-24(23)34-3)25(33)32-12-8-19(9-13-32)20-5-4-6-21(15-20)27(28,29)30/h4-6,15,18-19,22-24,31H,7-14,16-17H2,1-3H3/t22?,23-,24-,26?/m1/s1. The van der Waals surface area contributed by atoms with Crippen molar-refractivity contribution < 1.29 is 27.4 Å². The lowest BCUT2D eigenvalue weighted by Gasteiger charge is -2.41. The van der Waals surface area contributed by atoms with Crippen molar-refractivity contribution in [2.45, 2.75) is 82.7 Å². The molecule has 1 amide bonds. The highest BCUT2D eigenvalue weighted by Gasteiger charge is 2.50. The molecule has 0 spiro atoms. The van der Waals surface area contributed by atoms with Crippen LogP contribution >= 0.6 is 0 Å². The van der Waals surface area contributed by atoms with Crippen LogP contribution < -0.4 is 5.32 Å². The van der Waals surface area contributed by atoms with Gasteiger partial charge >= 0.3 is 6.18 Å². The highest BCUT2D eigenvalue weighted by molar-refractivity contribution is 5.83. The molecule has 4 rings (SSSR count). The number of nitrogens with one attached hydrogen (secondary N) is 1. The summed E-state index contributed by atoms with van der Waals surface area (Å²) in [6, 6.07) is 6.17. The van der Waals surface area contributed by atoms with Gasteiger partial charge in [-0.3, -0.25) is 4.79 Å². The summed E-state index contributed by atoms with van der Waals surface area (Å²) >= 11 is 0. The number of piperidine rings is 1. The van der Waals surface area contributed by atoms with E-state index in [1.807, 2.05) is 4.90 Å². The third-order valence-corrected chi connectivity index (χ3v) is 8.60. The smallest absolute Gasteiger partial charge is 0.379 e. The summed E-state index contributed by atoms with van der Waals surface area (Å²) in [6.07, 6.45) is 0.612. The number of ether oxygens (including phenoxy) is 2. The molecule has 2 aliphatic heterocycles. The monoisotopic (exact) mass is 496 g/mol. The molecule has 5 nitrogen and oxygen atoms in total. The molecule has 0 radical (unpaired) electrons. The van der Waals surface area contributed by atoms with Crippen molar-refractivity contribution in [1.82, 2.24) is 10.2 Å². The molecule has 4 atom stereocenters. The van der Waals surface area contributed by atoms with Crippen LogP contribution in [0.3, 0.4) is 0 Å². The molecule has 2 heterocycles. The molecule has 196 valence electrons. The Hall–Kier alpha value is -1.64. The van der Waals surface area contributed by atoms with E-state index in [1.54, 1.807) is 13.2 Å². The van der Waals surface area contributed by atoms with Crippen molar-refractivity contribution in [1.29, 1.82) is 0 Å². The summed E-state index contributed by atoms with van der Waals surface area (Å²) in [5.41, 5.74) is -0.272. The Bertz CT molecular complexity index is 869. The number of carbonyl (C=O) groups excluding carboxylic acids is 1. The number of carbonyl (C=O) groups is 1. The number of amides is 1. The van der Waals surface area contributed by atoms with Gasteiger partial charge in [0.1, 0.15) is 0 Å². The summed E-state index contributed by atoms with van der Waals surface area (Å²) in [7, 11) is 1.72. The minimum atomic E-state index is -4.34. The zero-order valence-electron chi connectivity index (χ0n) is 21.1. The average molecular weight is 497 g/mol. The minimum absolute atomic E-state index is 0.0309. The lowest BCUT2D eigenvalue weighted by Crippen LogP contribution is -2.52. The van der Waals surface area contributed by atoms with E-state index in [4.69, 9.17) is 9.47 Å². The van der Waals surface area contributed by atoms with Gasteiger partial charge in [-0.1, -0.05) is 32.0 Å². The molecular formula is C27H39F3N2O3. The van der Waals surface area contributed by atoms with Crippen LogP contribution in [0.5, 0.6) is 0 Å². The van der Waals surface area contributed by atoms with E-state index in [1.165, 1.54) is 12.1 Å². The fourth-order valence-corrected chi connectivity index (χ4v) is 6.32. The molecule has 0 bridgehead atoms. The average Bonchev–Trinajstić information content (AvgIpc) is 3.29. The molecule has 0 aromatic heterocycles. The van der Waals surface area contributed by atoms with Gasteiger partial charge in [-0.2, -0.15) is 13.2 Å². The second-order valence-electron chi connectivity index (χ2n) is 10.9. The van der Waals surface area contributed by atoms with Crippen molar-refractivity contribution in [2.24, 2.45) is 11.3 Å². The molecule has 3 fully saturated rings. The Kier molecular flexibility index (Phi) is 8.13. The Morgan fingerprint density at radius 2 is 1.94 bits per heavy atom. The van der Waals surface area contributed by atoms with Crippen LogP contribution in [-0.2, 0) is 20.4 Å². The van der Waals surface area contributed by atoms with Crippen molar-refractivity contribution in [2.75, 3.05) is 33.4 Å². The summed E-state index contributed by atoms with van der Waals surface area (Å²) in [4.78, 5) is 15.8. The van der Waals surface area contributed by atoms with E-state index < -0.39 is 17.2 Å². The first-order valence-corrected chi connectivity index (χ1v) is 13.0. The zero-order chi connectivity index (χ0) is 25.2. The maximum Gasteiger partial charge on any atom is 0.416 e. The lowest BCUT2D eigenvalue weighted by atomic mass is 9.73. The number of benzene rings is 1. The van der Waals surface area contributed by atoms with Gasteiger partial charge in [0.25, 0.3) is 0 Å². The van der Waals surface area contributed by atoms with Crippen LogP contribution in [0.2, 0.25) is 0 Å². The Morgan fingerprint density at radius 1 is 1.20 bits per heavy atom. The number of rotatable bonds is 6. The molecular weight excluding hydrogens is 457 g/mol. The Labute approximate surface area is 206 Å². The van der Waals surface area contributed by atoms with E-state index >= 15 is 0 Å². The fourth-order valence-electron chi connectivity index (χ4n) is 6.32. The van der Waals surface area contributed by atoms with Gasteiger partial charge in [-0.05, 0) is 62.0 Å². The van der Waals surface area contributed by atoms with Crippen LogP contribution in [0, 0.1) is 11.3 Å². The minimum Gasteiger partial charge on any atom is -0.379 e. The zero-order valence-corrected chi connectivity index (χ0v) is 21.1. The van der Waals surface area contributed by atoms with E-state index in [0.717, 1.165) is 43.9 Å². The van der Waals surface area contributed by atoms with Crippen LogP contribution in [-0.4, -0.2) is 62.4 Å². The molecule has 3 aliphatic rings. The molecule has 2 unspecified atom stereocenters. The largest absolute Gasteiger partial charge is 0.416 e. The summed E-state index contributed by atoms with van der Waals surface area (Å²) in [5.74, 6) is 0.485. The number of halogens is 3. The van der Waals surface area contributed by atoms with E-state index in [9.17, 15) is 18.0 Å². The molecule has 1 saturated carbocycles. The van der Waals surface area contributed by atoms with Crippen molar-refractivity contribution in [3.63, 3.8) is 0 Å². The van der Waals surface area contributed by atoms with E-state index in [-0.39, 0.29) is 35.9 Å². The molecule has 8 heteroatoms. The second-order valence-corrected chi connectivity index (χ2v) is 10.9. The first kappa shape index (κ1) is 26.4. The van der Waals surface area contributed by atoms with Crippen molar-refractivity contribution in [3.8, 4) is 0 Å². The predicted molar refractivity (Wildman–Crippen MR) is 128 cm³/mol. The lowest BCUT2D eigenvalue weighted by molar-refractivity contribution is -0.146. The van der Waals surface area contributed by atoms with Crippen molar-refractivity contribution in [3.05, 3.63) is 35.4 Å². The number of nitrogens with zero attached hydrogens (tertiary/aromatic N) is 1. The number of hydrogen-bond acceptors (Lipinski definition) is 4. The third kappa shape index (κ3) is 5.70. The first-order valence-electron chi connectivity index (χ1n) is 13.0. The molecule has 1 N–H and O–H groups in total. The number of hydrogen-bond donors (Lipinski definition) is 1. The molecule has 2 saturated heterocycles. The summed E-state index contributed by atoms with van der Waals surface area (Å²) in [6.45, 7) is 6.79. The highest BCUT2D eigenvalue weighted by atomic mass is 19.4. The van der Waals surface area contributed by atoms with Crippen LogP contribution in [0.1, 0.15) is 69.4 Å². The second kappa shape index (κ2) is 10.8. The van der Waals surface area contributed by atoms with E-state index in [0.29, 0.717) is 32.5 Å². The molecule has 1 aromatic carbocycles. The van der Waals surface area contributed by atoms with Gasteiger partial charge in [0.2, 0.25) is 5.91 Å². The van der Waals surface area contributed by atoms with Gasteiger partial charge in [0, 0.05) is 38.9 Å². The maximum atomic E-state index is 13.9. The Balaban J connectivity index is 1.38. The maximum absolute atomic E-state index is 13.9. The molecule has 1 aromatic rings. The van der Waals surface area contributed by atoms with Gasteiger partial charge in [-0.25, -0.2) is 0 Å². The number of methoxy groups -OCH3 is 1. The van der Waals surface area contributed by atoms with Gasteiger partial charge in [0.05, 0.1) is 23.7 Å². The third-order valence-electron chi connectivity index (χ3n) is 8.60. The van der Waals surface area contributed by atoms with E-state index in [2.05, 4.69) is 19.2 Å². The fraction of sp³-hybridized carbons (Fsp3) is 0.741.